The second-order valence-corrected chi connectivity index (χ2v) is 6.90. The Kier molecular flexibility index (Phi) is 4.30. The number of aliphatic imine (C=N–C) groups is 1. The molecule has 2 N–H and O–H groups in total. The monoisotopic (exact) mass is 395 g/mol. The van der Waals surface area contributed by atoms with Crippen LogP contribution in [-0.4, -0.2) is 20.4 Å². The zero-order chi connectivity index (χ0) is 19.1. The molecule has 7 heteroatoms. The van der Waals surface area contributed by atoms with E-state index in [9.17, 15) is 9.90 Å². The van der Waals surface area contributed by atoms with E-state index in [2.05, 4.69) is 9.98 Å². The SMILES string of the molecule is CC1=Nc2ccccc2/C1=C\c1c(O)n(-c2ccc(Cl)cc2)c(=S)[nH]c1=O. The number of rotatable bonds is 2. The van der Waals surface area contributed by atoms with Gasteiger partial charge in [0.25, 0.3) is 5.56 Å². The Bertz CT molecular complexity index is 1240. The van der Waals surface area contributed by atoms with Gasteiger partial charge in [-0.3, -0.25) is 19.3 Å². The van der Waals surface area contributed by atoms with Crippen molar-refractivity contribution < 1.29 is 5.11 Å². The number of benzene rings is 2. The second-order valence-electron chi connectivity index (χ2n) is 6.08. The van der Waals surface area contributed by atoms with Gasteiger partial charge in [-0.2, -0.15) is 0 Å². The number of aromatic hydroxyl groups is 1. The Morgan fingerprint density at radius 3 is 2.63 bits per heavy atom. The van der Waals surface area contributed by atoms with Crippen molar-refractivity contribution in [3.63, 3.8) is 0 Å². The summed E-state index contributed by atoms with van der Waals surface area (Å²) in [5, 5.41) is 11.4. The van der Waals surface area contributed by atoms with E-state index in [4.69, 9.17) is 23.8 Å². The van der Waals surface area contributed by atoms with Crippen LogP contribution in [0.5, 0.6) is 5.88 Å². The highest BCUT2D eigenvalue weighted by atomic mass is 35.5. The molecule has 0 radical (unpaired) electrons. The van der Waals surface area contributed by atoms with Crippen LogP contribution in [0.3, 0.4) is 0 Å². The lowest BCUT2D eigenvalue weighted by molar-refractivity contribution is 0.432. The molecule has 1 aliphatic rings. The third-order valence-corrected chi connectivity index (χ3v) is 4.90. The summed E-state index contributed by atoms with van der Waals surface area (Å²) in [6, 6.07) is 14.5. The molecule has 5 nitrogen and oxygen atoms in total. The van der Waals surface area contributed by atoms with Gasteiger partial charge in [0.1, 0.15) is 5.56 Å². The van der Waals surface area contributed by atoms with Gasteiger partial charge in [-0.1, -0.05) is 29.8 Å². The summed E-state index contributed by atoms with van der Waals surface area (Å²) in [5.41, 5.74) is 3.54. The van der Waals surface area contributed by atoms with Crippen LogP contribution in [0.1, 0.15) is 18.1 Å². The number of fused-ring (bicyclic) bond motifs is 1. The largest absolute Gasteiger partial charge is 0.494 e. The maximum atomic E-state index is 12.5. The van der Waals surface area contributed by atoms with Crippen molar-refractivity contribution in [2.24, 2.45) is 4.99 Å². The zero-order valence-electron chi connectivity index (χ0n) is 14.2. The van der Waals surface area contributed by atoms with Gasteiger partial charge < -0.3 is 5.11 Å². The first-order valence-electron chi connectivity index (χ1n) is 8.16. The molecule has 0 unspecified atom stereocenters. The van der Waals surface area contributed by atoms with Crippen molar-refractivity contribution in [3.05, 3.63) is 79.8 Å². The molecule has 0 atom stereocenters. The minimum Gasteiger partial charge on any atom is -0.494 e. The molecule has 0 fully saturated rings. The fourth-order valence-electron chi connectivity index (χ4n) is 3.06. The fourth-order valence-corrected chi connectivity index (χ4v) is 3.47. The Hall–Kier alpha value is -2.96. The highest BCUT2D eigenvalue weighted by molar-refractivity contribution is 7.71. The van der Waals surface area contributed by atoms with Crippen LogP contribution in [0.25, 0.3) is 17.3 Å². The molecule has 1 aromatic heterocycles. The van der Waals surface area contributed by atoms with Gasteiger partial charge in [0.2, 0.25) is 5.88 Å². The van der Waals surface area contributed by atoms with Gasteiger partial charge in [0.15, 0.2) is 4.77 Å². The molecule has 0 saturated carbocycles. The Morgan fingerprint density at radius 1 is 1.19 bits per heavy atom. The summed E-state index contributed by atoms with van der Waals surface area (Å²) >= 11 is 11.2. The summed E-state index contributed by atoms with van der Waals surface area (Å²) in [5.74, 6) is -0.240. The third kappa shape index (κ3) is 3.03. The number of aromatic amines is 1. The molecular weight excluding hydrogens is 382 g/mol. The molecule has 3 aromatic rings. The number of aromatic nitrogens is 2. The van der Waals surface area contributed by atoms with E-state index >= 15 is 0 Å². The molecule has 2 aromatic carbocycles. The third-order valence-electron chi connectivity index (χ3n) is 4.37. The predicted molar refractivity (Wildman–Crippen MR) is 111 cm³/mol. The number of hydrogen-bond donors (Lipinski definition) is 2. The molecule has 0 saturated heterocycles. The molecule has 0 bridgehead atoms. The number of allylic oxidation sites excluding steroid dienone is 1. The Morgan fingerprint density at radius 2 is 1.89 bits per heavy atom. The van der Waals surface area contributed by atoms with Crippen LogP contribution in [0.4, 0.5) is 5.69 Å². The lowest BCUT2D eigenvalue weighted by atomic mass is 10.0. The smallest absolute Gasteiger partial charge is 0.262 e. The molecular formula is C20H14ClN3O2S. The van der Waals surface area contributed by atoms with E-state index in [1.807, 2.05) is 31.2 Å². The quantitative estimate of drug-likeness (QED) is 0.606. The topological polar surface area (TPSA) is 70.4 Å². The van der Waals surface area contributed by atoms with E-state index in [1.165, 1.54) is 4.57 Å². The van der Waals surface area contributed by atoms with Crippen LogP contribution in [0.15, 0.2) is 58.3 Å². The molecule has 0 aliphatic carbocycles. The van der Waals surface area contributed by atoms with Crippen molar-refractivity contribution in [2.45, 2.75) is 6.92 Å². The van der Waals surface area contributed by atoms with Crippen molar-refractivity contribution >= 4 is 46.9 Å². The van der Waals surface area contributed by atoms with Gasteiger partial charge in [-0.25, -0.2) is 0 Å². The second kappa shape index (κ2) is 6.64. The fraction of sp³-hybridized carbons (Fsp3) is 0.0500. The van der Waals surface area contributed by atoms with E-state index in [-0.39, 0.29) is 16.2 Å². The van der Waals surface area contributed by atoms with Crippen molar-refractivity contribution in [1.82, 2.24) is 9.55 Å². The molecule has 27 heavy (non-hydrogen) atoms. The maximum absolute atomic E-state index is 12.5. The van der Waals surface area contributed by atoms with E-state index < -0.39 is 5.56 Å². The lowest BCUT2D eigenvalue weighted by Gasteiger charge is -2.12. The standard InChI is InChI=1S/C20H14ClN3O2S/c1-11-15(14-4-2-3-5-17(14)22-11)10-16-18(25)23-20(27)24(19(16)26)13-8-6-12(21)7-9-13/h2-10,26H,1H3,(H,23,25,27)/b15-10-. The predicted octanol–water partition coefficient (Wildman–Crippen LogP) is 4.90. The van der Waals surface area contributed by atoms with E-state index in [0.717, 1.165) is 22.5 Å². The number of hydrogen-bond acceptors (Lipinski definition) is 4. The molecule has 0 amide bonds. The van der Waals surface area contributed by atoms with E-state index in [1.54, 1.807) is 30.3 Å². The summed E-state index contributed by atoms with van der Waals surface area (Å²) in [4.78, 5) is 19.6. The Labute approximate surface area is 164 Å². The maximum Gasteiger partial charge on any atom is 0.262 e. The van der Waals surface area contributed by atoms with Crippen LogP contribution < -0.4 is 5.56 Å². The van der Waals surface area contributed by atoms with Gasteiger partial charge in [-0.15, -0.1) is 0 Å². The molecule has 1 aliphatic heterocycles. The highest BCUT2D eigenvalue weighted by Crippen LogP contribution is 2.36. The molecule has 4 rings (SSSR count). The average Bonchev–Trinajstić information content (AvgIpc) is 2.95. The first-order valence-corrected chi connectivity index (χ1v) is 8.95. The first kappa shape index (κ1) is 17.5. The van der Waals surface area contributed by atoms with Crippen molar-refractivity contribution in [2.75, 3.05) is 0 Å². The highest BCUT2D eigenvalue weighted by Gasteiger charge is 2.20. The summed E-state index contributed by atoms with van der Waals surface area (Å²) in [6.45, 7) is 1.87. The number of nitrogens with zero attached hydrogens (tertiary/aromatic N) is 2. The number of H-pyrrole nitrogens is 1. The normalized spacial score (nSPS) is 14.3. The van der Waals surface area contributed by atoms with Gasteiger partial charge in [0.05, 0.1) is 11.4 Å². The molecule has 0 spiro atoms. The summed E-state index contributed by atoms with van der Waals surface area (Å²) in [7, 11) is 0. The van der Waals surface area contributed by atoms with Gasteiger partial charge in [-0.05, 0) is 55.5 Å². The zero-order valence-corrected chi connectivity index (χ0v) is 15.8. The first-order chi connectivity index (χ1) is 13.0. The van der Waals surface area contributed by atoms with Crippen LogP contribution >= 0.6 is 23.8 Å². The molecule has 2 heterocycles. The minimum atomic E-state index is -0.465. The van der Waals surface area contributed by atoms with E-state index in [0.29, 0.717) is 10.7 Å². The lowest BCUT2D eigenvalue weighted by Crippen LogP contribution is -2.16. The van der Waals surface area contributed by atoms with Crippen LogP contribution in [0, 0.1) is 4.77 Å². The number of nitrogens with one attached hydrogen (secondary N) is 1. The van der Waals surface area contributed by atoms with Crippen LogP contribution in [-0.2, 0) is 0 Å². The molecule has 134 valence electrons. The van der Waals surface area contributed by atoms with Crippen LogP contribution in [0.2, 0.25) is 5.02 Å². The summed E-state index contributed by atoms with van der Waals surface area (Å²) < 4.78 is 1.49. The van der Waals surface area contributed by atoms with Crippen molar-refractivity contribution in [1.29, 1.82) is 0 Å². The van der Waals surface area contributed by atoms with Crippen molar-refractivity contribution in [3.8, 4) is 11.6 Å². The minimum absolute atomic E-state index is 0.0965. The Balaban J connectivity index is 1.94. The number of para-hydroxylation sites is 1. The van der Waals surface area contributed by atoms with Gasteiger partial charge >= 0.3 is 0 Å². The number of halogens is 1. The summed E-state index contributed by atoms with van der Waals surface area (Å²) in [6.07, 6.45) is 1.64. The van der Waals surface area contributed by atoms with Gasteiger partial charge in [0, 0.05) is 21.9 Å². The average molecular weight is 396 g/mol.